The number of thiazole rings is 1. The average molecular weight is 419 g/mol. The summed E-state index contributed by atoms with van der Waals surface area (Å²) >= 11 is 1.33. The molecule has 2 aromatic heterocycles. The Morgan fingerprint density at radius 2 is 1.83 bits per heavy atom. The Kier molecular flexibility index (Phi) is 5.40. The van der Waals surface area contributed by atoms with Crippen LogP contribution in [0.2, 0.25) is 0 Å². The minimum atomic E-state index is -0.573. The van der Waals surface area contributed by atoms with Crippen molar-refractivity contribution in [3.8, 4) is 11.3 Å². The zero-order chi connectivity index (χ0) is 21.1. The predicted octanol–water partition coefficient (Wildman–Crippen LogP) is 3.85. The number of rotatable bonds is 5. The highest BCUT2D eigenvalue weighted by Gasteiger charge is 2.17. The molecule has 0 fully saturated rings. The van der Waals surface area contributed by atoms with Gasteiger partial charge >= 0.3 is 5.97 Å². The monoisotopic (exact) mass is 419 g/mol. The maximum Gasteiger partial charge on any atom is 0.338 e. The zero-order valence-electron chi connectivity index (χ0n) is 16.0. The van der Waals surface area contributed by atoms with E-state index in [0.29, 0.717) is 21.9 Å². The van der Waals surface area contributed by atoms with Crippen molar-refractivity contribution in [2.24, 2.45) is 0 Å². The van der Waals surface area contributed by atoms with Crippen LogP contribution in [0.4, 0.5) is 5.69 Å². The molecule has 7 nitrogen and oxygen atoms in total. The van der Waals surface area contributed by atoms with Gasteiger partial charge in [-0.05, 0) is 36.8 Å². The van der Waals surface area contributed by atoms with E-state index in [4.69, 9.17) is 4.74 Å². The number of fused-ring (bicyclic) bond motifs is 1. The van der Waals surface area contributed by atoms with Gasteiger partial charge in [0.2, 0.25) is 0 Å². The number of amides is 1. The van der Waals surface area contributed by atoms with Crippen LogP contribution in [-0.4, -0.2) is 27.9 Å². The summed E-state index contributed by atoms with van der Waals surface area (Å²) in [6.07, 6.45) is 1.28. The molecule has 0 atom stereocenters. The summed E-state index contributed by atoms with van der Waals surface area (Å²) in [4.78, 5) is 42.3. The lowest BCUT2D eigenvalue weighted by molar-refractivity contribution is 0.0526. The number of aromatic nitrogens is 2. The molecule has 150 valence electrons. The van der Waals surface area contributed by atoms with Gasteiger partial charge in [0, 0.05) is 17.3 Å². The number of nitrogens with zero attached hydrogens (tertiary/aromatic N) is 2. The third-order valence-corrected chi connectivity index (χ3v) is 5.25. The summed E-state index contributed by atoms with van der Waals surface area (Å²) in [5, 5.41) is 4.51. The molecule has 0 aliphatic carbocycles. The van der Waals surface area contributed by atoms with Crippen molar-refractivity contribution < 1.29 is 14.3 Å². The molecule has 0 aliphatic rings. The molecule has 1 N–H and O–H groups in total. The maximum absolute atomic E-state index is 13.0. The first-order valence-electron chi connectivity index (χ1n) is 9.21. The number of carbonyl (C=O) groups is 2. The van der Waals surface area contributed by atoms with Gasteiger partial charge in [0.1, 0.15) is 5.56 Å². The largest absolute Gasteiger partial charge is 0.462 e. The number of hydrogen-bond acceptors (Lipinski definition) is 6. The minimum Gasteiger partial charge on any atom is -0.462 e. The van der Waals surface area contributed by atoms with Crippen molar-refractivity contribution in [3.05, 3.63) is 87.7 Å². The second-order valence-electron chi connectivity index (χ2n) is 6.33. The van der Waals surface area contributed by atoms with Gasteiger partial charge < -0.3 is 10.1 Å². The van der Waals surface area contributed by atoms with Gasteiger partial charge in [-0.3, -0.25) is 14.0 Å². The summed E-state index contributed by atoms with van der Waals surface area (Å²) in [6, 6.07) is 15.7. The fourth-order valence-electron chi connectivity index (χ4n) is 2.96. The molecule has 4 aromatic rings. The van der Waals surface area contributed by atoms with E-state index < -0.39 is 17.4 Å². The van der Waals surface area contributed by atoms with Gasteiger partial charge in [0.15, 0.2) is 4.96 Å². The first kappa shape index (κ1) is 19.5. The molecule has 2 heterocycles. The van der Waals surface area contributed by atoms with Crippen molar-refractivity contribution in [1.29, 1.82) is 0 Å². The Balaban J connectivity index is 1.63. The second kappa shape index (κ2) is 8.30. The Morgan fingerprint density at radius 3 is 2.53 bits per heavy atom. The van der Waals surface area contributed by atoms with Crippen LogP contribution >= 0.6 is 11.3 Å². The predicted molar refractivity (Wildman–Crippen MR) is 115 cm³/mol. The van der Waals surface area contributed by atoms with Gasteiger partial charge in [-0.25, -0.2) is 9.78 Å². The highest BCUT2D eigenvalue weighted by atomic mass is 32.1. The lowest BCUT2D eigenvalue weighted by Gasteiger charge is -2.07. The van der Waals surface area contributed by atoms with E-state index in [1.807, 2.05) is 35.7 Å². The average Bonchev–Trinajstić information content (AvgIpc) is 3.20. The number of nitrogens with one attached hydrogen (secondary N) is 1. The number of benzene rings is 2. The van der Waals surface area contributed by atoms with E-state index in [1.54, 1.807) is 31.2 Å². The normalized spacial score (nSPS) is 10.7. The maximum atomic E-state index is 13.0. The van der Waals surface area contributed by atoms with Gasteiger partial charge in [-0.15, -0.1) is 11.3 Å². The fraction of sp³-hybridized carbons (Fsp3) is 0.0909. The molecule has 0 unspecified atom stereocenters. The molecule has 0 bridgehead atoms. The first-order chi connectivity index (χ1) is 14.6. The van der Waals surface area contributed by atoms with Gasteiger partial charge in [-0.1, -0.05) is 30.3 Å². The molecular formula is C22H17N3O4S. The molecular weight excluding hydrogens is 402 g/mol. The number of ether oxygens (including phenoxy) is 1. The third-order valence-electron chi connectivity index (χ3n) is 4.41. The lowest BCUT2D eigenvalue weighted by atomic mass is 10.2. The van der Waals surface area contributed by atoms with Gasteiger partial charge in [-0.2, -0.15) is 0 Å². The fourth-order valence-corrected chi connectivity index (χ4v) is 3.82. The number of hydrogen-bond donors (Lipinski definition) is 1. The third kappa shape index (κ3) is 3.72. The highest BCUT2D eigenvalue weighted by Crippen LogP contribution is 2.23. The Labute approximate surface area is 175 Å². The molecule has 30 heavy (non-hydrogen) atoms. The summed E-state index contributed by atoms with van der Waals surface area (Å²) < 4.78 is 6.38. The molecule has 0 spiro atoms. The topological polar surface area (TPSA) is 89.8 Å². The molecule has 4 rings (SSSR count). The standard InChI is InChI=1S/C22H17N3O4S/c1-2-29-21(28)15-8-10-16(11-9-15)24-19(26)17-12-23-22-25(20(17)27)18(13-30-22)14-6-4-3-5-7-14/h3-13H,2H2,1H3,(H,24,26). The number of carbonyl (C=O) groups excluding carboxylic acids is 2. The summed E-state index contributed by atoms with van der Waals surface area (Å²) in [5.74, 6) is -1.01. The second-order valence-corrected chi connectivity index (χ2v) is 7.17. The Morgan fingerprint density at radius 1 is 1.10 bits per heavy atom. The first-order valence-corrected chi connectivity index (χ1v) is 10.1. The number of anilines is 1. The van der Waals surface area contributed by atoms with Crippen molar-refractivity contribution in [3.63, 3.8) is 0 Å². The molecule has 0 saturated carbocycles. The van der Waals surface area contributed by atoms with Crippen molar-refractivity contribution >= 4 is 33.9 Å². The SMILES string of the molecule is CCOC(=O)c1ccc(NC(=O)c2cnc3scc(-c4ccccc4)n3c2=O)cc1. The smallest absolute Gasteiger partial charge is 0.338 e. The Bertz CT molecular complexity index is 1280. The minimum absolute atomic E-state index is 0.0717. The van der Waals surface area contributed by atoms with E-state index >= 15 is 0 Å². The van der Waals surface area contributed by atoms with E-state index in [1.165, 1.54) is 21.9 Å². The molecule has 2 aromatic carbocycles. The van der Waals surface area contributed by atoms with Crippen molar-refractivity contribution in [2.45, 2.75) is 6.92 Å². The lowest BCUT2D eigenvalue weighted by Crippen LogP contribution is -2.26. The zero-order valence-corrected chi connectivity index (χ0v) is 16.8. The summed E-state index contributed by atoms with van der Waals surface area (Å²) in [7, 11) is 0. The summed E-state index contributed by atoms with van der Waals surface area (Å²) in [5.41, 5.74) is 1.86. The van der Waals surface area contributed by atoms with E-state index in [0.717, 1.165) is 5.56 Å². The molecule has 0 saturated heterocycles. The highest BCUT2D eigenvalue weighted by molar-refractivity contribution is 7.15. The van der Waals surface area contributed by atoms with Crippen LogP contribution in [0.1, 0.15) is 27.6 Å². The van der Waals surface area contributed by atoms with Crippen LogP contribution in [-0.2, 0) is 4.74 Å². The molecule has 0 aliphatic heterocycles. The van der Waals surface area contributed by atoms with E-state index in [9.17, 15) is 14.4 Å². The van der Waals surface area contributed by atoms with E-state index in [2.05, 4.69) is 10.3 Å². The summed E-state index contributed by atoms with van der Waals surface area (Å²) in [6.45, 7) is 2.01. The molecule has 1 amide bonds. The molecule has 8 heteroatoms. The number of esters is 1. The van der Waals surface area contributed by atoms with Crippen LogP contribution in [0.15, 0.2) is 71.0 Å². The van der Waals surface area contributed by atoms with E-state index in [-0.39, 0.29) is 12.2 Å². The van der Waals surface area contributed by atoms with Crippen LogP contribution in [0, 0.1) is 0 Å². The van der Waals surface area contributed by atoms with Gasteiger partial charge in [0.05, 0.1) is 17.9 Å². The Hall–Kier alpha value is -3.78. The van der Waals surface area contributed by atoms with Crippen molar-refractivity contribution in [2.75, 3.05) is 11.9 Å². The van der Waals surface area contributed by atoms with Gasteiger partial charge in [0.25, 0.3) is 11.5 Å². The van der Waals surface area contributed by atoms with Crippen LogP contribution in [0.5, 0.6) is 0 Å². The van der Waals surface area contributed by atoms with Crippen molar-refractivity contribution in [1.82, 2.24) is 9.38 Å². The molecule has 0 radical (unpaired) electrons. The quantitative estimate of drug-likeness (QED) is 0.496. The van der Waals surface area contributed by atoms with Crippen LogP contribution < -0.4 is 10.9 Å². The van der Waals surface area contributed by atoms with Crippen LogP contribution in [0.3, 0.4) is 0 Å². The van der Waals surface area contributed by atoms with Crippen LogP contribution in [0.25, 0.3) is 16.2 Å².